The highest BCUT2D eigenvalue weighted by atomic mass is 32.2. The highest BCUT2D eigenvalue weighted by Gasteiger charge is 2.29. The fourth-order valence-electron chi connectivity index (χ4n) is 2.59. The molecule has 0 unspecified atom stereocenters. The Hall–Kier alpha value is -2.99. The summed E-state index contributed by atoms with van der Waals surface area (Å²) >= 11 is 0.984. The number of halogens is 3. The fraction of sp³-hybridized carbons (Fsp3) is 0.111. The summed E-state index contributed by atoms with van der Waals surface area (Å²) < 4.78 is 67.0. The molecule has 3 rings (SSSR count). The first-order valence-corrected chi connectivity index (χ1v) is 11.0. The number of hydrogen-bond acceptors (Lipinski definition) is 6. The van der Waals surface area contributed by atoms with E-state index in [-0.39, 0.29) is 26.3 Å². The molecule has 3 aromatic rings. The third kappa shape index (κ3) is 4.28. The number of anilines is 2. The van der Waals surface area contributed by atoms with Gasteiger partial charge in [-0.2, -0.15) is 5.10 Å². The zero-order valence-electron chi connectivity index (χ0n) is 15.4. The van der Waals surface area contributed by atoms with Crippen LogP contribution in [0.4, 0.5) is 24.7 Å². The van der Waals surface area contributed by atoms with Gasteiger partial charge in [-0.05, 0) is 42.7 Å². The van der Waals surface area contributed by atoms with Gasteiger partial charge >= 0.3 is 0 Å². The molecule has 0 saturated carbocycles. The largest absolute Gasteiger partial charge is 0.383 e. The first kappa shape index (κ1) is 21.7. The number of carbonyl (C=O) groups excluding carboxylic acids is 1. The molecule has 0 atom stereocenters. The lowest BCUT2D eigenvalue weighted by molar-refractivity contribution is -0.116. The molecule has 1 heterocycles. The molecule has 1 aromatic heterocycles. The van der Waals surface area contributed by atoms with E-state index >= 15 is 0 Å². The van der Waals surface area contributed by atoms with E-state index < -0.39 is 39.7 Å². The maximum atomic E-state index is 13.7. The van der Waals surface area contributed by atoms with Gasteiger partial charge in [0.05, 0.1) is 10.6 Å². The molecule has 12 heteroatoms. The zero-order valence-corrected chi connectivity index (χ0v) is 17.0. The molecule has 0 aliphatic heterocycles. The maximum absolute atomic E-state index is 13.7. The fourth-order valence-corrected chi connectivity index (χ4v) is 5.02. The Labute approximate surface area is 174 Å². The van der Waals surface area contributed by atoms with Crippen molar-refractivity contribution in [3.63, 3.8) is 0 Å². The third-order valence-corrected chi connectivity index (χ3v) is 6.63. The van der Waals surface area contributed by atoms with Crippen molar-refractivity contribution in [3.8, 4) is 0 Å². The number of nitrogens with one attached hydrogen (secondary N) is 1. The zero-order chi connectivity index (χ0) is 22.1. The molecule has 7 nitrogen and oxygen atoms in total. The second-order valence-corrected chi connectivity index (χ2v) is 8.69. The number of thioether (sulfide) groups is 1. The van der Waals surface area contributed by atoms with Crippen LogP contribution in [0.3, 0.4) is 0 Å². The third-order valence-electron chi connectivity index (χ3n) is 4.00. The molecule has 0 aliphatic rings. The van der Waals surface area contributed by atoms with Crippen LogP contribution in [0, 0.1) is 17.5 Å². The highest BCUT2D eigenvalue weighted by Crippen LogP contribution is 2.34. The Bertz CT molecular complexity index is 1210. The number of sulfone groups is 1. The molecule has 0 aliphatic carbocycles. The van der Waals surface area contributed by atoms with E-state index in [2.05, 4.69) is 10.4 Å². The summed E-state index contributed by atoms with van der Waals surface area (Å²) in [6.07, 6.45) is 1.57. The van der Waals surface area contributed by atoms with Crippen molar-refractivity contribution >= 4 is 39.0 Å². The quantitative estimate of drug-likeness (QED) is 0.436. The van der Waals surface area contributed by atoms with E-state index in [0.29, 0.717) is 0 Å². The number of amides is 1. The van der Waals surface area contributed by atoms with Crippen LogP contribution in [0.1, 0.15) is 0 Å². The van der Waals surface area contributed by atoms with E-state index in [1.54, 1.807) is 6.26 Å². The number of nitrogens with zero attached hydrogens (tertiary/aromatic N) is 2. The number of benzene rings is 2. The highest BCUT2D eigenvalue weighted by molar-refractivity contribution is 7.99. The van der Waals surface area contributed by atoms with Crippen LogP contribution >= 0.6 is 11.8 Å². The number of rotatable bonds is 6. The smallest absolute Gasteiger partial charge is 0.246 e. The molecule has 0 fully saturated rings. The molecule has 2 aromatic carbocycles. The van der Waals surface area contributed by atoms with Crippen molar-refractivity contribution in [3.05, 3.63) is 59.9 Å². The van der Waals surface area contributed by atoms with Crippen molar-refractivity contribution in [2.75, 3.05) is 17.3 Å². The van der Waals surface area contributed by atoms with E-state index in [1.807, 2.05) is 0 Å². The molecule has 158 valence electrons. The van der Waals surface area contributed by atoms with Crippen LogP contribution in [0.15, 0.2) is 57.3 Å². The van der Waals surface area contributed by atoms with Gasteiger partial charge in [-0.3, -0.25) is 4.79 Å². The lowest BCUT2D eigenvalue weighted by atomic mass is 10.3. The van der Waals surface area contributed by atoms with E-state index in [9.17, 15) is 26.4 Å². The summed E-state index contributed by atoms with van der Waals surface area (Å²) in [6.45, 7) is -0.547. The molecule has 0 saturated heterocycles. The van der Waals surface area contributed by atoms with Crippen LogP contribution in [0.5, 0.6) is 0 Å². The standard InChI is InChI=1S/C18H15F3N4O3S2/c1-29-18-16(30(27,28)12-5-2-10(19)3-6-12)17(22)25(24-18)9-15(26)23-14-8-11(20)4-7-13(14)21/h2-8H,9,22H2,1H3,(H,23,26). The monoisotopic (exact) mass is 456 g/mol. The topological polar surface area (TPSA) is 107 Å². The molecule has 1 amide bonds. The average Bonchev–Trinajstić information content (AvgIpc) is 3.01. The summed E-state index contributed by atoms with van der Waals surface area (Å²) in [5.41, 5.74) is 5.57. The van der Waals surface area contributed by atoms with E-state index in [4.69, 9.17) is 5.73 Å². The van der Waals surface area contributed by atoms with Crippen LogP contribution in [0.2, 0.25) is 0 Å². The Morgan fingerprint density at radius 1 is 1.13 bits per heavy atom. The van der Waals surface area contributed by atoms with Crippen LogP contribution in [-0.2, 0) is 21.2 Å². The predicted molar refractivity (Wildman–Crippen MR) is 105 cm³/mol. The minimum atomic E-state index is -4.15. The van der Waals surface area contributed by atoms with Crippen molar-refractivity contribution in [1.29, 1.82) is 0 Å². The minimum absolute atomic E-state index is 0.0292. The number of nitrogen functional groups attached to an aromatic ring is 1. The molecule has 30 heavy (non-hydrogen) atoms. The average molecular weight is 456 g/mol. The summed E-state index contributed by atoms with van der Waals surface area (Å²) in [6, 6.07) is 6.72. The second kappa shape index (κ2) is 8.40. The summed E-state index contributed by atoms with van der Waals surface area (Å²) in [7, 11) is -4.15. The van der Waals surface area contributed by atoms with Crippen molar-refractivity contribution in [2.24, 2.45) is 0 Å². The number of nitrogens with two attached hydrogens (primary N) is 1. The van der Waals surface area contributed by atoms with Crippen LogP contribution in [-0.4, -0.2) is 30.4 Å². The molecular formula is C18H15F3N4O3S2. The predicted octanol–water partition coefficient (Wildman–Crippen LogP) is 3.08. The lowest BCUT2D eigenvalue weighted by Gasteiger charge is -2.08. The van der Waals surface area contributed by atoms with Gasteiger partial charge in [0, 0.05) is 6.07 Å². The van der Waals surface area contributed by atoms with Gasteiger partial charge in [-0.1, -0.05) is 0 Å². The normalized spacial score (nSPS) is 11.5. The molecule has 3 N–H and O–H groups in total. The SMILES string of the molecule is CSc1nn(CC(=O)Nc2cc(F)ccc2F)c(N)c1S(=O)(=O)c1ccc(F)cc1. The summed E-state index contributed by atoms with van der Waals surface area (Å²) in [5, 5.41) is 6.24. The minimum Gasteiger partial charge on any atom is -0.383 e. The van der Waals surface area contributed by atoms with Gasteiger partial charge < -0.3 is 11.1 Å². The van der Waals surface area contributed by atoms with Gasteiger partial charge in [-0.25, -0.2) is 26.3 Å². The van der Waals surface area contributed by atoms with Crippen molar-refractivity contribution in [1.82, 2.24) is 9.78 Å². The number of aromatic nitrogens is 2. The maximum Gasteiger partial charge on any atom is 0.246 e. The van der Waals surface area contributed by atoms with Crippen molar-refractivity contribution in [2.45, 2.75) is 21.4 Å². The van der Waals surface area contributed by atoms with Gasteiger partial charge in [0.15, 0.2) is 0 Å². The Kier molecular flexibility index (Phi) is 6.08. The Balaban J connectivity index is 1.92. The van der Waals surface area contributed by atoms with Crippen molar-refractivity contribution < 1.29 is 26.4 Å². The van der Waals surface area contributed by atoms with E-state index in [0.717, 1.165) is 58.9 Å². The summed E-state index contributed by atoms with van der Waals surface area (Å²) in [4.78, 5) is 11.7. The number of hydrogen-bond donors (Lipinski definition) is 2. The number of carbonyl (C=O) groups is 1. The van der Waals surface area contributed by atoms with Crippen LogP contribution < -0.4 is 11.1 Å². The molecular weight excluding hydrogens is 441 g/mol. The second-order valence-electron chi connectivity index (χ2n) is 6.01. The van der Waals surface area contributed by atoms with Gasteiger partial charge in [0.2, 0.25) is 15.7 Å². The first-order chi connectivity index (χ1) is 14.1. The summed E-state index contributed by atoms with van der Waals surface area (Å²) in [5.74, 6) is -3.32. The Morgan fingerprint density at radius 2 is 1.77 bits per heavy atom. The van der Waals surface area contributed by atoms with E-state index in [1.165, 1.54) is 0 Å². The lowest BCUT2D eigenvalue weighted by Crippen LogP contribution is -2.21. The first-order valence-electron chi connectivity index (χ1n) is 8.29. The van der Waals surface area contributed by atoms with Gasteiger partial charge in [-0.15, -0.1) is 11.8 Å². The van der Waals surface area contributed by atoms with Crippen LogP contribution in [0.25, 0.3) is 0 Å². The van der Waals surface area contributed by atoms with Gasteiger partial charge in [0.25, 0.3) is 0 Å². The Morgan fingerprint density at radius 3 is 2.40 bits per heavy atom. The molecule has 0 radical (unpaired) electrons. The molecule has 0 spiro atoms. The molecule has 0 bridgehead atoms. The van der Waals surface area contributed by atoms with Gasteiger partial charge in [0.1, 0.15) is 39.7 Å².